The van der Waals surface area contributed by atoms with Crippen molar-refractivity contribution in [3.05, 3.63) is 59.7 Å². The first kappa shape index (κ1) is 13.7. The Morgan fingerprint density at radius 2 is 1.85 bits per heavy atom. The molecule has 2 aromatic carbocycles. The number of aromatic hydroxyl groups is 2. The van der Waals surface area contributed by atoms with E-state index in [0.29, 0.717) is 23.4 Å². The molecule has 4 nitrogen and oxygen atoms in total. The average Bonchev–Trinajstić information content (AvgIpc) is 2.44. The number of phenols is 2. The summed E-state index contributed by atoms with van der Waals surface area (Å²) in [5.74, 6) is 0.452. The molecule has 2 aromatic rings. The minimum atomic E-state index is -0.110. The van der Waals surface area contributed by atoms with Gasteiger partial charge in [0.1, 0.15) is 29.3 Å². The fourth-order valence-electron chi connectivity index (χ4n) is 1.74. The van der Waals surface area contributed by atoms with E-state index in [2.05, 4.69) is 0 Å². The lowest BCUT2D eigenvalue weighted by Crippen LogP contribution is -1.97. The zero-order chi connectivity index (χ0) is 14.5. The Morgan fingerprint density at radius 1 is 1.15 bits per heavy atom. The summed E-state index contributed by atoms with van der Waals surface area (Å²) in [5, 5.41) is 19.2. The smallest absolute Gasteiger partial charge is 0.146 e. The number of rotatable bonds is 4. The molecule has 0 atom stereocenters. The molecule has 0 spiro atoms. The van der Waals surface area contributed by atoms with E-state index in [-0.39, 0.29) is 11.5 Å². The molecule has 2 N–H and O–H groups in total. The van der Waals surface area contributed by atoms with Crippen LogP contribution in [-0.2, 0) is 4.79 Å². The largest absolute Gasteiger partial charge is 0.508 e. The number of hydrogen-bond acceptors (Lipinski definition) is 4. The molecule has 0 saturated heterocycles. The van der Waals surface area contributed by atoms with Gasteiger partial charge in [0, 0.05) is 29.3 Å². The van der Waals surface area contributed by atoms with Crippen molar-refractivity contribution in [3.8, 4) is 17.2 Å². The zero-order valence-electron chi connectivity index (χ0n) is 10.9. The van der Waals surface area contributed by atoms with Crippen LogP contribution in [0.4, 0.5) is 0 Å². The summed E-state index contributed by atoms with van der Waals surface area (Å²) < 4.78 is 5.64. The third-order valence-electron chi connectivity index (χ3n) is 2.82. The highest BCUT2D eigenvalue weighted by Crippen LogP contribution is 2.34. The highest BCUT2D eigenvalue weighted by Gasteiger charge is 2.11. The predicted molar refractivity (Wildman–Crippen MR) is 75.6 cm³/mol. The van der Waals surface area contributed by atoms with Crippen LogP contribution in [0.15, 0.2) is 48.5 Å². The second kappa shape index (κ2) is 5.93. The Morgan fingerprint density at radius 3 is 2.50 bits per heavy atom. The van der Waals surface area contributed by atoms with Gasteiger partial charge in [0.25, 0.3) is 0 Å². The first-order valence-electron chi connectivity index (χ1n) is 6.03. The standard InChI is InChI=1S/C16H14O4/c1-11-14(19)9-13(18)10-16(11)20-15(7-8-17)12-5-3-2-4-6-12/h2-10,18-19H,1H3. The maximum absolute atomic E-state index is 10.7. The molecule has 4 heteroatoms. The normalized spacial score (nSPS) is 11.2. The highest BCUT2D eigenvalue weighted by atomic mass is 16.5. The van der Waals surface area contributed by atoms with Gasteiger partial charge in [-0.2, -0.15) is 0 Å². The van der Waals surface area contributed by atoms with Crippen LogP contribution in [0.5, 0.6) is 17.2 Å². The van der Waals surface area contributed by atoms with Crippen molar-refractivity contribution < 1.29 is 19.7 Å². The molecule has 0 saturated carbocycles. The van der Waals surface area contributed by atoms with Crippen molar-refractivity contribution in [2.75, 3.05) is 0 Å². The van der Waals surface area contributed by atoms with Crippen molar-refractivity contribution in [1.82, 2.24) is 0 Å². The van der Waals surface area contributed by atoms with Gasteiger partial charge < -0.3 is 14.9 Å². The molecule has 20 heavy (non-hydrogen) atoms. The fourth-order valence-corrected chi connectivity index (χ4v) is 1.74. The van der Waals surface area contributed by atoms with Crippen LogP contribution in [0.25, 0.3) is 5.76 Å². The third kappa shape index (κ3) is 2.98. The van der Waals surface area contributed by atoms with Gasteiger partial charge >= 0.3 is 0 Å². The zero-order valence-corrected chi connectivity index (χ0v) is 10.9. The summed E-state index contributed by atoms with van der Waals surface area (Å²) in [6.45, 7) is 1.66. The molecule has 0 amide bonds. The Bertz CT molecular complexity index is 645. The number of aldehydes is 1. The highest BCUT2D eigenvalue weighted by molar-refractivity contribution is 5.79. The van der Waals surface area contributed by atoms with Gasteiger partial charge in [-0.15, -0.1) is 0 Å². The van der Waals surface area contributed by atoms with E-state index in [1.54, 1.807) is 19.1 Å². The van der Waals surface area contributed by atoms with Gasteiger partial charge in [-0.3, -0.25) is 4.79 Å². The number of carbonyl (C=O) groups excluding carboxylic acids is 1. The number of hydrogen-bond donors (Lipinski definition) is 2. The Hall–Kier alpha value is -2.75. The van der Waals surface area contributed by atoms with Crippen LogP contribution in [0, 0.1) is 6.92 Å². The summed E-state index contributed by atoms with van der Waals surface area (Å²) >= 11 is 0. The number of benzene rings is 2. The average molecular weight is 270 g/mol. The Labute approximate surface area is 116 Å². The van der Waals surface area contributed by atoms with Gasteiger partial charge in [0.05, 0.1) is 0 Å². The number of phenolic OH excluding ortho intramolecular Hbond substituents is 2. The van der Waals surface area contributed by atoms with E-state index >= 15 is 0 Å². The summed E-state index contributed by atoms with van der Waals surface area (Å²) in [4.78, 5) is 10.7. The second-order valence-corrected chi connectivity index (χ2v) is 4.22. The number of ether oxygens (including phenoxy) is 1. The lowest BCUT2D eigenvalue weighted by Gasteiger charge is -2.13. The Kier molecular flexibility index (Phi) is 4.05. The second-order valence-electron chi connectivity index (χ2n) is 4.22. The van der Waals surface area contributed by atoms with Crippen molar-refractivity contribution in [2.45, 2.75) is 6.92 Å². The van der Waals surface area contributed by atoms with Crippen molar-refractivity contribution in [3.63, 3.8) is 0 Å². The van der Waals surface area contributed by atoms with Crippen LogP contribution in [0.1, 0.15) is 11.1 Å². The van der Waals surface area contributed by atoms with Crippen molar-refractivity contribution in [1.29, 1.82) is 0 Å². The topological polar surface area (TPSA) is 66.8 Å². The van der Waals surface area contributed by atoms with Gasteiger partial charge in [-0.25, -0.2) is 0 Å². The van der Waals surface area contributed by atoms with E-state index in [1.165, 1.54) is 18.2 Å². The molecule has 0 fully saturated rings. The van der Waals surface area contributed by atoms with Crippen LogP contribution in [0.2, 0.25) is 0 Å². The first-order valence-corrected chi connectivity index (χ1v) is 6.03. The van der Waals surface area contributed by atoms with Gasteiger partial charge in [-0.05, 0) is 6.92 Å². The van der Waals surface area contributed by atoms with Crippen LogP contribution < -0.4 is 4.74 Å². The van der Waals surface area contributed by atoms with E-state index < -0.39 is 0 Å². The molecule has 0 aliphatic carbocycles. The van der Waals surface area contributed by atoms with Crippen LogP contribution in [0.3, 0.4) is 0 Å². The number of carbonyl (C=O) groups is 1. The summed E-state index contributed by atoms with van der Waals surface area (Å²) in [6.07, 6.45) is 1.91. The molecule has 0 radical (unpaired) electrons. The maximum atomic E-state index is 10.7. The molecule has 0 unspecified atom stereocenters. The van der Waals surface area contributed by atoms with E-state index in [9.17, 15) is 15.0 Å². The van der Waals surface area contributed by atoms with E-state index in [0.717, 1.165) is 5.56 Å². The molecule has 0 bridgehead atoms. The number of allylic oxidation sites excluding steroid dienone is 1. The predicted octanol–water partition coefficient (Wildman–Crippen LogP) is 3.03. The van der Waals surface area contributed by atoms with Crippen molar-refractivity contribution >= 4 is 12.0 Å². The van der Waals surface area contributed by atoms with Gasteiger partial charge in [-0.1, -0.05) is 30.3 Å². The van der Waals surface area contributed by atoms with Gasteiger partial charge in [0.15, 0.2) is 0 Å². The third-order valence-corrected chi connectivity index (χ3v) is 2.82. The molecule has 2 rings (SSSR count). The van der Waals surface area contributed by atoms with E-state index in [1.807, 2.05) is 18.2 Å². The fraction of sp³-hybridized carbons (Fsp3) is 0.0625. The molecular formula is C16H14O4. The molecule has 0 aromatic heterocycles. The summed E-state index contributed by atoms with van der Waals surface area (Å²) in [7, 11) is 0. The minimum absolute atomic E-state index is 0.0708. The van der Waals surface area contributed by atoms with E-state index in [4.69, 9.17) is 4.74 Å². The van der Waals surface area contributed by atoms with Crippen LogP contribution >= 0.6 is 0 Å². The molecular weight excluding hydrogens is 256 g/mol. The molecule has 0 aliphatic heterocycles. The lowest BCUT2D eigenvalue weighted by molar-refractivity contribution is -0.104. The minimum Gasteiger partial charge on any atom is -0.508 e. The lowest BCUT2D eigenvalue weighted by atomic mass is 10.1. The van der Waals surface area contributed by atoms with Crippen molar-refractivity contribution in [2.24, 2.45) is 0 Å². The van der Waals surface area contributed by atoms with Gasteiger partial charge in [0.2, 0.25) is 0 Å². The molecule has 0 heterocycles. The molecule has 102 valence electrons. The molecule has 0 aliphatic rings. The Balaban J connectivity index is 2.40. The summed E-state index contributed by atoms with van der Waals surface area (Å²) in [5.41, 5.74) is 1.21. The first-order chi connectivity index (χ1) is 9.61. The summed E-state index contributed by atoms with van der Waals surface area (Å²) in [6, 6.07) is 11.7. The van der Waals surface area contributed by atoms with Crippen LogP contribution in [-0.4, -0.2) is 16.5 Å². The SMILES string of the molecule is Cc1c(O)cc(O)cc1OC(=CC=O)c1ccccc1. The quantitative estimate of drug-likeness (QED) is 0.509. The maximum Gasteiger partial charge on any atom is 0.146 e. The monoisotopic (exact) mass is 270 g/mol.